The number of hydrogen-bond donors (Lipinski definition) is 2. The largest absolute Gasteiger partial charge is 0.480 e. The van der Waals surface area contributed by atoms with Crippen molar-refractivity contribution in [1.82, 2.24) is 5.32 Å². The van der Waals surface area contributed by atoms with Crippen LogP contribution in [0.5, 0.6) is 0 Å². The zero-order valence-corrected chi connectivity index (χ0v) is 9.91. The fourth-order valence-corrected chi connectivity index (χ4v) is 1.46. The highest BCUT2D eigenvalue weighted by Crippen LogP contribution is 2.14. The Hall–Kier alpha value is -1.06. The van der Waals surface area contributed by atoms with Crippen LogP contribution in [0.3, 0.4) is 0 Å². The van der Waals surface area contributed by atoms with Crippen molar-refractivity contribution in [2.24, 2.45) is 11.8 Å². The van der Waals surface area contributed by atoms with Crippen molar-refractivity contribution in [2.45, 2.75) is 46.6 Å². The Morgan fingerprint density at radius 2 is 1.67 bits per heavy atom. The van der Waals surface area contributed by atoms with Crippen LogP contribution in [-0.4, -0.2) is 23.0 Å². The number of hydrogen-bond acceptors (Lipinski definition) is 2. The summed E-state index contributed by atoms with van der Waals surface area (Å²) >= 11 is 0. The zero-order valence-electron chi connectivity index (χ0n) is 9.91. The Kier molecular flexibility index (Phi) is 5.97. The molecule has 1 amide bonds. The predicted octanol–water partition coefficient (Wildman–Crippen LogP) is 1.65. The summed E-state index contributed by atoms with van der Waals surface area (Å²) in [6.07, 6.45) is 1.51. The van der Waals surface area contributed by atoms with Crippen LogP contribution in [0.25, 0.3) is 0 Å². The summed E-state index contributed by atoms with van der Waals surface area (Å²) in [5.41, 5.74) is 0. The summed E-state index contributed by atoms with van der Waals surface area (Å²) in [6.45, 7) is 7.37. The number of nitrogens with one attached hydrogen (secondary N) is 1. The molecule has 0 saturated carbocycles. The molecule has 1 atom stereocenters. The van der Waals surface area contributed by atoms with Gasteiger partial charge < -0.3 is 10.4 Å². The maximum absolute atomic E-state index is 11.4. The monoisotopic (exact) mass is 215 g/mol. The quantitative estimate of drug-likeness (QED) is 0.708. The molecule has 0 aliphatic carbocycles. The second-order valence-electron chi connectivity index (χ2n) is 4.06. The number of aliphatic carboxylic acids is 1. The van der Waals surface area contributed by atoms with Crippen LogP contribution in [0.1, 0.15) is 40.5 Å². The van der Waals surface area contributed by atoms with E-state index < -0.39 is 12.0 Å². The van der Waals surface area contributed by atoms with Gasteiger partial charge in [0.15, 0.2) is 0 Å². The highest BCUT2D eigenvalue weighted by molar-refractivity contribution is 5.84. The lowest BCUT2D eigenvalue weighted by molar-refractivity contribution is -0.144. The normalized spacial score (nSPS) is 12.9. The smallest absolute Gasteiger partial charge is 0.326 e. The lowest BCUT2D eigenvalue weighted by Gasteiger charge is -2.23. The first kappa shape index (κ1) is 13.9. The summed E-state index contributed by atoms with van der Waals surface area (Å²) in [4.78, 5) is 22.4. The highest BCUT2D eigenvalue weighted by Gasteiger charge is 2.27. The Balaban J connectivity index is 4.53. The van der Waals surface area contributed by atoms with E-state index >= 15 is 0 Å². The summed E-state index contributed by atoms with van der Waals surface area (Å²) in [5.74, 6) is -1.32. The molecule has 4 heteroatoms. The molecule has 0 radical (unpaired) electrons. The van der Waals surface area contributed by atoms with E-state index in [1.165, 1.54) is 0 Å². The molecule has 0 spiro atoms. The van der Waals surface area contributed by atoms with Gasteiger partial charge in [-0.15, -0.1) is 0 Å². The van der Waals surface area contributed by atoms with E-state index in [4.69, 9.17) is 5.11 Å². The minimum atomic E-state index is -0.947. The second-order valence-corrected chi connectivity index (χ2v) is 4.06. The molecule has 15 heavy (non-hydrogen) atoms. The van der Waals surface area contributed by atoms with Crippen LogP contribution >= 0.6 is 0 Å². The van der Waals surface area contributed by atoms with Gasteiger partial charge in [0.05, 0.1) is 0 Å². The van der Waals surface area contributed by atoms with Gasteiger partial charge >= 0.3 is 5.97 Å². The molecule has 0 aromatic rings. The Morgan fingerprint density at radius 1 is 1.20 bits per heavy atom. The summed E-state index contributed by atoms with van der Waals surface area (Å²) < 4.78 is 0. The molecule has 0 aliphatic heterocycles. The predicted molar refractivity (Wildman–Crippen MR) is 58.5 cm³/mol. The van der Waals surface area contributed by atoms with Gasteiger partial charge in [-0.05, 0) is 5.92 Å². The molecule has 0 aliphatic rings. The third kappa shape index (κ3) is 4.32. The molecular weight excluding hydrogens is 194 g/mol. The average molecular weight is 215 g/mol. The first-order chi connectivity index (χ1) is 6.93. The molecular formula is C11H21NO3. The van der Waals surface area contributed by atoms with Crippen molar-refractivity contribution in [2.75, 3.05) is 0 Å². The Bertz CT molecular complexity index is 222. The standard InChI is InChI=1S/C11H21NO3/c1-5-8(6-2)9(11(14)15)12-10(13)7(3)4/h7-9H,5-6H2,1-4H3,(H,12,13)(H,14,15). The van der Waals surface area contributed by atoms with Crippen LogP contribution in [0.2, 0.25) is 0 Å². The summed E-state index contributed by atoms with van der Waals surface area (Å²) in [7, 11) is 0. The van der Waals surface area contributed by atoms with Crippen molar-refractivity contribution in [3.05, 3.63) is 0 Å². The minimum absolute atomic E-state index is 0.00481. The van der Waals surface area contributed by atoms with Crippen molar-refractivity contribution in [3.63, 3.8) is 0 Å². The number of carbonyl (C=O) groups excluding carboxylic acids is 1. The van der Waals surface area contributed by atoms with Crippen molar-refractivity contribution in [3.8, 4) is 0 Å². The number of rotatable bonds is 6. The third-order valence-electron chi connectivity index (χ3n) is 2.61. The number of carboxylic acids is 1. The maximum atomic E-state index is 11.4. The SMILES string of the molecule is CCC(CC)C(NC(=O)C(C)C)C(=O)O. The maximum Gasteiger partial charge on any atom is 0.326 e. The average Bonchev–Trinajstić information content (AvgIpc) is 2.17. The van der Waals surface area contributed by atoms with E-state index in [0.717, 1.165) is 12.8 Å². The molecule has 0 fully saturated rings. The fourth-order valence-electron chi connectivity index (χ4n) is 1.46. The molecule has 2 N–H and O–H groups in total. The molecule has 0 heterocycles. The van der Waals surface area contributed by atoms with Crippen molar-refractivity contribution < 1.29 is 14.7 Å². The van der Waals surface area contributed by atoms with Gasteiger partial charge in [0.1, 0.15) is 6.04 Å². The Morgan fingerprint density at radius 3 is 1.93 bits per heavy atom. The van der Waals surface area contributed by atoms with Gasteiger partial charge in [-0.3, -0.25) is 4.79 Å². The first-order valence-corrected chi connectivity index (χ1v) is 5.47. The van der Waals surface area contributed by atoms with Crippen LogP contribution < -0.4 is 5.32 Å². The van der Waals surface area contributed by atoms with Crippen LogP contribution in [0.15, 0.2) is 0 Å². The Labute approximate surface area is 91.1 Å². The molecule has 88 valence electrons. The first-order valence-electron chi connectivity index (χ1n) is 5.47. The number of amides is 1. The minimum Gasteiger partial charge on any atom is -0.480 e. The fraction of sp³-hybridized carbons (Fsp3) is 0.818. The molecule has 0 aromatic carbocycles. The molecule has 0 rings (SSSR count). The van der Waals surface area contributed by atoms with Crippen molar-refractivity contribution >= 4 is 11.9 Å². The van der Waals surface area contributed by atoms with E-state index in [1.807, 2.05) is 13.8 Å². The lowest BCUT2D eigenvalue weighted by Crippen LogP contribution is -2.47. The van der Waals surface area contributed by atoms with E-state index in [2.05, 4.69) is 5.32 Å². The summed E-state index contributed by atoms with van der Waals surface area (Å²) in [5, 5.41) is 11.6. The molecule has 4 nitrogen and oxygen atoms in total. The third-order valence-corrected chi connectivity index (χ3v) is 2.61. The molecule has 0 aromatic heterocycles. The van der Waals surface area contributed by atoms with Crippen molar-refractivity contribution in [1.29, 1.82) is 0 Å². The van der Waals surface area contributed by atoms with Gasteiger partial charge in [0.2, 0.25) is 5.91 Å². The summed E-state index contributed by atoms with van der Waals surface area (Å²) in [6, 6.07) is -0.755. The van der Waals surface area contributed by atoms with Gasteiger partial charge in [0.25, 0.3) is 0 Å². The highest BCUT2D eigenvalue weighted by atomic mass is 16.4. The van der Waals surface area contributed by atoms with Gasteiger partial charge in [-0.2, -0.15) is 0 Å². The topological polar surface area (TPSA) is 66.4 Å². The van der Waals surface area contributed by atoms with E-state index in [0.29, 0.717) is 0 Å². The van der Waals surface area contributed by atoms with Crippen LogP contribution in [0, 0.1) is 11.8 Å². The van der Waals surface area contributed by atoms with Crippen LogP contribution in [-0.2, 0) is 9.59 Å². The van der Waals surface area contributed by atoms with Gasteiger partial charge in [-0.25, -0.2) is 4.79 Å². The van der Waals surface area contributed by atoms with Gasteiger partial charge in [0, 0.05) is 5.92 Å². The number of carboxylic acid groups (broad SMARTS) is 1. The number of carbonyl (C=O) groups is 2. The second kappa shape index (κ2) is 6.43. The molecule has 0 bridgehead atoms. The van der Waals surface area contributed by atoms with E-state index in [-0.39, 0.29) is 17.7 Å². The van der Waals surface area contributed by atoms with E-state index in [9.17, 15) is 9.59 Å². The van der Waals surface area contributed by atoms with Gasteiger partial charge in [-0.1, -0.05) is 40.5 Å². The molecule has 0 saturated heterocycles. The van der Waals surface area contributed by atoms with E-state index in [1.54, 1.807) is 13.8 Å². The molecule has 1 unspecified atom stereocenters. The lowest BCUT2D eigenvalue weighted by atomic mass is 9.94. The zero-order chi connectivity index (χ0) is 12.0. The van der Waals surface area contributed by atoms with Crippen LogP contribution in [0.4, 0.5) is 0 Å².